The normalized spacial score (nSPS) is 10.0. The lowest BCUT2D eigenvalue weighted by Gasteiger charge is -2.06. The third kappa shape index (κ3) is 3.93. The third-order valence-corrected chi connectivity index (χ3v) is 1.81. The van der Waals surface area contributed by atoms with Gasteiger partial charge in [-0.15, -0.1) is 0 Å². The summed E-state index contributed by atoms with van der Waals surface area (Å²) >= 11 is 0. The predicted octanol–water partition coefficient (Wildman–Crippen LogP) is 2.24. The fourth-order valence-electron chi connectivity index (χ4n) is 1.10. The second-order valence-corrected chi connectivity index (χ2v) is 3.05. The Balaban J connectivity index is 2.40. The highest BCUT2D eigenvalue weighted by molar-refractivity contribution is 5.66. The highest BCUT2D eigenvalue weighted by atomic mass is 19.1. The molecule has 0 unspecified atom stereocenters. The van der Waals surface area contributed by atoms with Crippen LogP contribution < -0.4 is 5.32 Å². The average Bonchev–Trinajstić information content (AvgIpc) is 2.14. The van der Waals surface area contributed by atoms with Crippen LogP contribution in [-0.2, 0) is 4.79 Å². The summed E-state index contributed by atoms with van der Waals surface area (Å²) in [6.07, 6.45) is 0.419. The van der Waals surface area contributed by atoms with Crippen LogP contribution in [0.15, 0.2) is 18.2 Å². The van der Waals surface area contributed by atoms with Gasteiger partial charge in [-0.05, 0) is 18.6 Å². The zero-order valence-corrected chi connectivity index (χ0v) is 7.96. The first kappa shape index (κ1) is 11.4. The lowest BCUT2D eigenvalue weighted by molar-refractivity contribution is -0.137. The Bertz CT molecular complexity index is 355. The summed E-state index contributed by atoms with van der Waals surface area (Å²) in [5.74, 6) is -2.20. The van der Waals surface area contributed by atoms with Crippen molar-refractivity contribution in [3.63, 3.8) is 0 Å². The molecular formula is C10H11F2NO2. The van der Waals surface area contributed by atoms with E-state index in [0.29, 0.717) is 13.0 Å². The van der Waals surface area contributed by atoms with E-state index in [1.807, 2.05) is 0 Å². The smallest absolute Gasteiger partial charge is 0.303 e. The molecule has 15 heavy (non-hydrogen) atoms. The minimum Gasteiger partial charge on any atom is -0.481 e. The van der Waals surface area contributed by atoms with Crippen molar-refractivity contribution < 1.29 is 18.7 Å². The van der Waals surface area contributed by atoms with E-state index >= 15 is 0 Å². The number of anilines is 1. The Morgan fingerprint density at radius 1 is 1.40 bits per heavy atom. The van der Waals surface area contributed by atoms with Gasteiger partial charge < -0.3 is 10.4 Å². The van der Waals surface area contributed by atoms with Gasteiger partial charge in [0.05, 0.1) is 5.69 Å². The fraction of sp³-hybridized carbons (Fsp3) is 0.300. The molecule has 0 aromatic heterocycles. The maximum atomic E-state index is 13.0. The molecule has 1 rings (SSSR count). The molecule has 1 aromatic carbocycles. The Morgan fingerprint density at radius 2 is 2.13 bits per heavy atom. The number of aliphatic carboxylic acids is 1. The lowest BCUT2D eigenvalue weighted by atomic mass is 10.2. The van der Waals surface area contributed by atoms with Crippen molar-refractivity contribution in [1.29, 1.82) is 0 Å². The minimum absolute atomic E-state index is 0.0236. The highest BCUT2D eigenvalue weighted by Crippen LogP contribution is 2.14. The summed E-state index contributed by atoms with van der Waals surface area (Å²) in [6.45, 7) is 0.342. The quantitative estimate of drug-likeness (QED) is 0.740. The number of carboxylic acid groups (broad SMARTS) is 1. The number of benzene rings is 1. The number of rotatable bonds is 5. The first-order chi connectivity index (χ1) is 7.09. The van der Waals surface area contributed by atoms with Crippen LogP contribution >= 0.6 is 0 Å². The maximum Gasteiger partial charge on any atom is 0.303 e. The van der Waals surface area contributed by atoms with E-state index in [1.54, 1.807) is 0 Å². The van der Waals surface area contributed by atoms with E-state index in [2.05, 4.69) is 5.32 Å². The van der Waals surface area contributed by atoms with Crippen molar-refractivity contribution in [2.75, 3.05) is 11.9 Å². The molecule has 0 spiro atoms. The highest BCUT2D eigenvalue weighted by Gasteiger charge is 2.03. The van der Waals surface area contributed by atoms with Crippen molar-refractivity contribution in [1.82, 2.24) is 0 Å². The number of carbonyl (C=O) groups is 1. The third-order valence-electron chi connectivity index (χ3n) is 1.81. The van der Waals surface area contributed by atoms with E-state index in [9.17, 15) is 13.6 Å². The number of hydrogen-bond donors (Lipinski definition) is 2. The van der Waals surface area contributed by atoms with Gasteiger partial charge in [0, 0.05) is 19.0 Å². The zero-order valence-electron chi connectivity index (χ0n) is 7.96. The number of carboxylic acids is 1. The summed E-state index contributed by atoms with van der Waals surface area (Å²) in [7, 11) is 0. The van der Waals surface area contributed by atoms with Crippen LogP contribution in [-0.4, -0.2) is 17.6 Å². The van der Waals surface area contributed by atoms with E-state index < -0.39 is 17.6 Å². The van der Waals surface area contributed by atoms with Gasteiger partial charge in [-0.25, -0.2) is 8.78 Å². The van der Waals surface area contributed by atoms with E-state index in [-0.39, 0.29) is 12.1 Å². The molecule has 0 aliphatic heterocycles. The van der Waals surface area contributed by atoms with Gasteiger partial charge in [-0.2, -0.15) is 0 Å². The molecule has 5 heteroatoms. The predicted molar refractivity (Wildman–Crippen MR) is 51.7 cm³/mol. The molecular weight excluding hydrogens is 204 g/mol. The molecule has 1 aromatic rings. The Kier molecular flexibility index (Phi) is 4.03. The standard InChI is InChI=1S/C10H11F2NO2/c11-7-3-4-9(8(12)6-7)13-5-1-2-10(14)15/h3-4,6,13H,1-2,5H2,(H,14,15). The van der Waals surface area contributed by atoms with Crippen molar-refractivity contribution in [2.24, 2.45) is 0 Å². The molecule has 0 radical (unpaired) electrons. The molecule has 0 fully saturated rings. The van der Waals surface area contributed by atoms with Gasteiger partial charge in [0.1, 0.15) is 11.6 Å². The van der Waals surface area contributed by atoms with E-state index in [0.717, 1.165) is 12.1 Å². The Hall–Kier alpha value is -1.65. The summed E-state index contributed by atoms with van der Waals surface area (Å²) in [5, 5.41) is 11.0. The van der Waals surface area contributed by atoms with E-state index in [4.69, 9.17) is 5.11 Å². The van der Waals surface area contributed by atoms with Crippen molar-refractivity contribution in [3.8, 4) is 0 Å². The molecule has 2 N–H and O–H groups in total. The van der Waals surface area contributed by atoms with Gasteiger partial charge in [-0.3, -0.25) is 4.79 Å². The number of halogens is 2. The summed E-state index contributed by atoms with van der Waals surface area (Å²) in [6, 6.07) is 3.20. The van der Waals surface area contributed by atoms with Crippen LogP contribution in [0.25, 0.3) is 0 Å². The van der Waals surface area contributed by atoms with Gasteiger partial charge in [-0.1, -0.05) is 0 Å². The molecule has 0 aliphatic rings. The van der Waals surface area contributed by atoms with Crippen LogP contribution in [0.2, 0.25) is 0 Å². The van der Waals surface area contributed by atoms with Crippen molar-refractivity contribution in [2.45, 2.75) is 12.8 Å². The molecule has 0 aliphatic carbocycles. The molecule has 0 saturated carbocycles. The molecule has 0 amide bonds. The topological polar surface area (TPSA) is 49.3 Å². The van der Waals surface area contributed by atoms with Crippen molar-refractivity contribution in [3.05, 3.63) is 29.8 Å². The van der Waals surface area contributed by atoms with Crippen LogP contribution in [0.3, 0.4) is 0 Å². The molecule has 0 bridgehead atoms. The van der Waals surface area contributed by atoms with Crippen molar-refractivity contribution >= 4 is 11.7 Å². The second-order valence-electron chi connectivity index (χ2n) is 3.05. The van der Waals surface area contributed by atoms with E-state index in [1.165, 1.54) is 6.07 Å². The maximum absolute atomic E-state index is 13.0. The van der Waals surface area contributed by atoms with Crippen LogP contribution in [0, 0.1) is 11.6 Å². The minimum atomic E-state index is -0.892. The average molecular weight is 215 g/mol. The fourth-order valence-corrected chi connectivity index (χ4v) is 1.10. The largest absolute Gasteiger partial charge is 0.481 e. The summed E-state index contributed by atoms with van der Waals surface area (Å²) < 4.78 is 25.5. The monoisotopic (exact) mass is 215 g/mol. The van der Waals surface area contributed by atoms with Crippen LogP contribution in [0.4, 0.5) is 14.5 Å². The first-order valence-electron chi connectivity index (χ1n) is 4.50. The van der Waals surface area contributed by atoms with Gasteiger partial charge >= 0.3 is 5.97 Å². The molecule has 0 saturated heterocycles. The van der Waals surface area contributed by atoms with Crippen LogP contribution in [0.5, 0.6) is 0 Å². The van der Waals surface area contributed by atoms with Crippen LogP contribution in [0.1, 0.15) is 12.8 Å². The number of nitrogens with one attached hydrogen (secondary N) is 1. The molecule has 0 heterocycles. The summed E-state index contributed by atoms with van der Waals surface area (Å²) in [5.41, 5.74) is 0.182. The zero-order chi connectivity index (χ0) is 11.3. The Morgan fingerprint density at radius 3 is 2.73 bits per heavy atom. The summed E-state index contributed by atoms with van der Waals surface area (Å²) in [4.78, 5) is 10.2. The number of hydrogen-bond acceptors (Lipinski definition) is 2. The molecule has 3 nitrogen and oxygen atoms in total. The SMILES string of the molecule is O=C(O)CCCNc1ccc(F)cc1F. The van der Waals surface area contributed by atoms with Gasteiger partial charge in [0.2, 0.25) is 0 Å². The second kappa shape index (κ2) is 5.29. The lowest BCUT2D eigenvalue weighted by Crippen LogP contribution is -2.06. The molecule has 82 valence electrons. The van der Waals surface area contributed by atoms with Gasteiger partial charge in [0.25, 0.3) is 0 Å². The van der Waals surface area contributed by atoms with Gasteiger partial charge in [0.15, 0.2) is 0 Å². The first-order valence-corrected chi connectivity index (χ1v) is 4.50. The molecule has 0 atom stereocenters. The Labute approximate surface area is 85.7 Å².